The minimum atomic E-state index is 0.179. The predicted octanol–water partition coefficient (Wildman–Crippen LogP) is 0.738. The maximum atomic E-state index is 5.01. The summed E-state index contributed by atoms with van der Waals surface area (Å²) in [5.74, 6) is 0. The maximum absolute atomic E-state index is 5.01. The van der Waals surface area contributed by atoms with Gasteiger partial charge in [0.05, 0.1) is 24.4 Å². The van der Waals surface area contributed by atoms with Gasteiger partial charge in [-0.2, -0.15) is 5.10 Å². The quantitative estimate of drug-likeness (QED) is 0.753. The van der Waals surface area contributed by atoms with Gasteiger partial charge in [-0.15, -0.1) is 0 Å². The molecule has 1 saturated carbocycles. The van der Waals surface area contributed by atoms with E-state index in [2.05, 4.69) is 16.5 Å². The molecule has 0 spiro atoms. The molecule has 1 N–H and O–H groups in total. The average molecular weight is 195 g/mol. The smallest absolute Gasteiger partial charge is 0.0825 e. The van der Waals surface area contributed by atoms with Gasteiger partial charge in [-0.3, -0.25) is 4.68 Å². The van der Waals surface area contributed by atoms with Crippen LogP contribution in [0.25, 0.3) is 0 Å². The monoisotopic (exact) mass is 195 g/mol. The highest BCUT2D eigenvalue weighted by atomic mass is 16.5. The Morgan fingerprint density at radius 1 is 1.64 bits per heavy atom. The van der Waals surface area contributed by atoms with Crippen LogP contribution in [0.2, 0.25) is 0 Å². The molecule has 0 bridgehead atoms. The van der Waals surface area contributed by atoms with Crippen LogP contribution >= 0.6 is 0 Å². The van der Waals surface area contributed by atoms with Gasteiger partial charge in [0, 0.05) is 13.3 Å². The van der Waals surface area contributed by atoms with Gasteiger partial charge in [0.1, 0.15) is 0 Å². The lowest BCUT2D eigenvalue weighted by molar-refractivity contribution is 0.183. The summed E-state index contributed by atoms with van der Waals surface area (Å²) in [5.41, 5.74) is 1.34. The van der Waals surface area contributed by atoms with Crippen molar-refractivity contribution >= 4 is 0 Å². The van der Waals surface area contributed by atoms with Crippen LogP contribution in [0.3, 0.4) is 0 Å². The molecular weight excluding hydrogens is 178 g/mol. The molecule has 1 heterocycles. The number of nitrogens with one attached hydrogen (secondary N) is 1. The van der Waals surface area contributed by atoms with Gasteiger partial charge in [0.25, 0.3) is 0 Å². The van der Waals surface area contributed by atoms with Crippen molar-refractivity contribution in [1.29, 1.82) is 0 Å². The van der Waals surface area contributed by atoms with Crippen molar-refractivity contribution in [2.45, 2.75) is 24.9 Å². The first-order valence-corrected chi connectivity index (χ1v) is 5.02. The van der Waals surface area contributed by atoms with E-state index in [9.17, 15) is 0 Å². The third-order valence-corrected chi connectivity index (χ3v) is 2.88. The van der Waals surface area contributed by atoms with Crippen molar-refractivity contribution in [2.75, 3.05) is 20.8 Å². The van der Waals surface area contributed by atoms with Crippen LogP contribution in [0.15, 0.2) is 12.3 Å². The molecule has 2 rings (SSSR count). The maximum Gasteiger partial charge on any atom is 0.0825 e. The molecule has 0 saturated heterocycles. The molecule has 0 aromatic carbocycles. The first kappa shape index (κ1) is 9.68. The second kappa shape index (κ2) is 3.71. The lowest BCUT2D eigenvalue weighted by Gasteiger charge is -2.09. The first-order valence-electron chi connectivity index (χ1n) is 5.02. The summed E-state index contributed by atoms with van der Waals surface area (Å²) in [5, 5.41) is 7.86. The Balaban J connectivity index is 2.03. The van der Waals surface area contributed by atoms with Crippen LogP contribution in [0.4, 0.5) is 0 Å². The second-order valence-corrected chi connectivity index (χ2v) is 3.79. The lowest BCUT2D eigenvalue weighted by atomic mass is 10.2. The van der Waals surface area contributed by atoms with Crippen LogP contribution in [-0.2, 0) is 16.8 Å². The van der Waals surface area contributed by atoms with Crippen LogP contribution in [0, 0.1) is 0 Å². The summed E-state index contributed by atoms with van der Waals surface area (Å²) in [6, 6.07) is 2.10. The molecule has 0 radical (unpaired) electrons. The molecule has 0 aliphatic heterocycles. The average Bonchev–Trinajstić information content (AvgIpc) is 2.88. The number of methoxy groups -OCH3 is 1. The summed E-state index contributed by atoms with van der Waals surface area (Å²) in [7, 11) is 3.71. The third kappa shape index (κ3) is 1.67. The Morgan fingerprint density at radius 2 is 2.43 bits per heavy atom. The van der Waals surface area contributed by atoms with E-state index in [1.54, 1.807) is 7.11 Å². The summed E-state index contributed by atoms with van der Waals surface area (Å²) in [6.07, 6.45) is 4.42. The molecule has 1 aromatic rings. The molecule has 78 valence electrons. The minimum absolute atomic E-state index is 0.179. The molecule has 1 aliphatic carbocycles. The molecule has 0 unspecified atom stereocenters. The number of hydrogen-bond donors (Lipinski definition) is 1. The van der Waals surface area contributed by atoms with E-state index in [0.717, 1.165) is 12.2 Å². The highest BCUT2D eigenvalue weighted by Gasteiger charge is 2.44. The molecule has 4 heteroatoms. The van der Waals surface area contributed by atoms with Gasteiger partial charge in [0.15, 0.2) is 0 Å². The van der Waals surface area contributed by atoms with E-state index in [4.69, 9.17) is 4.74 Å². The van der Waals surface area contributed by atoms with Crippen molar-refractivity contribution in [2.24, 2.45) is 0 Å². The Hall–Kier alpha value is -0.870. The number of aromatic nitrogens is 2. The number of nitrogens with zero attached hydrogens (tertiary/aromatic N) is 2. The van der Waals surface area contributed by atoms with E-state index < -0.39 is 0 Å². The first-order chi connectivity index (χ1) is 6.80. The topological polar surface area (TPSA) is 39.1 Å². The Kier molecular flexibility index (Phi) is 2.56. The SMILES string of the molecule is CNC1(c2ccn(CCOC)n2)CC1. The van der Waals surface area contributed by atoms with Crippen molar-refractivity contribution in [1.82, 2.24) is 15.1 Å². The van der Waals surface area contributed by atoms with Crippen LogP contribution in [0.5, 0.6) is 0 Å². The second-order valence-electron chi connectivity index (χ2n) is 3.79. The molecule has 0 atom stereocenters. The van der Waals surface area contributed by atoms with Crippen molar-refractivity contribution in [3.63, 3.8) is 0 Å². The largest absolute Gasteiger partial charge is 0.383 e. The third-order valence-electron chi connectivity index (χ3n) is 2.88. The van der Waals surface area contributed by atoms with E-state index in [1.807, 2.05) is 17.9 Å². The summed E-state index contributed by atoms with van der Waals surface area (Å²) in [4.78, 5) is 0. The fraction of sp³-hybridized carbons (Fsp3) is 0.700. The van der Waals surface area contributed by atoms with Gasteiger partial charge < -0.3 is 10.1 Å². The highest BCUT2D eigenvalue weighted by Crippen LogP contribution is 2.43. The van der Waals surface area contributed by atoms with Crippen molar-refractivity contribution in [3.8, 4) is 0 Å². The highest BCUT2D eigenvalue weighted by molar-refractivity contribution is 5.21. The lowest BCUT2D eigenvalue weighted by Crippen LogP contribution is -2.25. The van der Waals surface area contributed by atoms with Gasteiger partial charge >= 0.3 is 0 Å². The summed E-state index contributed by atoms with van der Waals surface area (Å²) >= 11 is 0. The van der Waals surface area contributed by atoms with Crippen molar-refractivity contribution in [3.05, 3.63) is 18.0 Å². The summed E-state index contributed by atoms with van der Waals surface area (Å²) < 4.78 is 6.95. The fourth-order valence-corrected chi connectivity index (χ4v) is 1.69. The molecule has 1 fully saturated rings. The van der Waals surface area contributed by atoms with Gasteiger partial charge in [-0.25, -0.2) is 0 Å². The number of hydrogen-bond acceptors (Lipinski definition) is 3. The van der Waals surface area contributed by atoms with Gasteiger partial charge in [-0.1, -0.05) is 0 Å². The molecule has 1 aromatic heterocycles. The standard InChI is InChI=1S/C10H17N3O/c1-11-10(4-5-10)9-3-6-13(12-9)7-8-14-2/h3,6,11H,4-5,7-8H2,1-2H3. The van der Waals surface area contributed by atoms with E-state index in [0.29, 0.717) is 6.61 Å². The normalized spacial score (nSPS) is 18.4. The van der Waals surface area contributed by atoms with E-state index >= 15 is 0 Å². The van der Waals surface area contributed by atoms with E-state index in [-0.39, 0.29) is 5.54 Å². The fourth-order valence-electron chi connectivity index (χ4n) is 1.69. The molecule has 0 amide bonds. The van der Waals surface area contributed by atoms with Crippen molar-refractivity contribution < 1.29 is 4.74 Å². The van der Waals surface area contributed by atoms with Crippen LogP contribution in [-0.4, -0.2) is 30.5 Å². The Morgan fingerprint density at radius 3 is 3.00 bits per heavy atom. The van der Waals surface area contributed by atoms with E-state index in [1.165, 1.54) is 12.8 Å². The predicted molar refractivity (Wildman–Crippen MR) is 54.1 cm³/mol. The van der Waals surface area contributed by atoms with Crippen LogP contribution in [0.1, 0.15) is 18.5 Å². The van der Waals surface area contributed by atoms with Crippen LogP contribution < -0.4 is 5.32 Å². The Labute approximate surface area is 84.3 Å². The number of rotatable bonds is 5. The zero-order valence-electron chi connectivity index (χ0n) is 8.79. The molecule has 1 aliphatic rings. The molecular formula is C10H17N3O. The number of ether oxygens (including phenoxy) is 1. The Bertz CT molecular complexity index is 304. The molecule has 4 nitrogen and oxygen atoms in total. The van der Waals surface area contributed by atoms with Gasteiger partial charge in [-0.05, 0) is 26.0 Å². The summed E-state index contributed by atoms with van der Waals surface area (Å²) in [6.45, 7) is 1.55. The minimum Gasteiger partial charge on any atom is -0.383 e. The molecule has 14 heavy (non-hydrogen) atoms. The zero-order chi connectivity index (χ0) is 10.0. The van der Waals surface area contributed by atoms with Gasteiger partial charge in [0.2, 0.25) is 0 Å². The zero-order valence-corrected chi connectivity index (χ0v) is 8.79.